The molecule has 0 bridgehead atoms. The fraction of sp³-hybridized carbons (Fsp3) is 0.443. The number of anilines is 2. The largest absolute Gasteiger partial charge is 0.397 e. The highest BCUT2D eigenvalue weighted by molar-refractivity contribution is 7.99. The fourth-order valence-electron chi connectivity index (χ4n) is 18.2. The van der Waals surface area contributed by atoms with Crippen LogP contribution in [0.25, 0.3) is 44.5 Å². The molecule has 9 N–H and O–H groups in total. The molecule has 0 spiro atoms. The highest BCUT2D eigenvalue weighted by Gasteiger charge is 2.30. The summed E-state index contributed by atoms with van der Waals surface area (Å²) in [5, 5.41) is 36.6. The molecule has 810 valence electrons. The predicted molar refractivity (Wildman–Crippen MR) is 616 cm³/mol. The second kappa shape index (κ2) is 52.4. The number of aryl methyl sites for hydroxylation is 16. The minimum atomic E-state index is -4.35. The van der Waals surface area contributed by atoms with Crippen molar-refractivity contribution in [1.29, 1.82) is 0 Å². The van der Waals surface area contributed by atoms with E-state index in [0.717, 1.165) is 210 Å². The number of hydrogen-bond acceptors (Lipinski definition) is 22. The van der Waals surface area contributed by atoms with Crippen LogP contribution in [0.2, 0.25) is 0 Å². The molecule has 4 aromatic heterocycles. The van der Waals surface area contributed by atoms with E-state index in [4.69, 9.17) is 23.8 Å². The van der Waals surface area contributed by atoms with Crippen molar-refractivity contribution in [2.45, 2.75) is 356 Å². The molecule has 0 aliphatic heterocycles. The first-order valence-electron chi connectivity index (χ1n) is 51.1. The summed E-state index contributed by atoms with van der Waals surface area (Å²) in [6, 6.07) is 40.7. The van der Waals surface area contributed by atoms with Crippen LogP contribution < -0.4 is 29.9 Å². The molecule has 149 heavy (non-hydrogen) atoms. The standard InChI is InChI=1S/2C20H28N2O2S.2C19H25N3O3S.C17H22N2O2S.C16H22N2O2S.C4H10/c1-13(2)20-19(15(4)24-21-20)16-11-10-14(3)18(12-16)25(5,23)22-17-8-6-7-9-17;1-13(2)20-19(15(4)21-24-20)16-11-10-14(3)18(12-16)25(5,23)22-17-8-6-7-9-17;1-11(2)20-17-8-12(3)13(4)9-18(17)22-21-16-10-19(26(23,24)25)15(6)7-14(16)5;1-11(2)6-15-7-14(5)17(10-19(15)26(23,24)25)21-22-18-9-13(4)12(3)8-16(18)20;1-12-17(13(2)21-18-12)14-7-6-10-16(11-14)22(3,20)19-15-8-4-5-9-15;1-10(2)18-21(6,19)15-9-14(8-7-11(15)3)16-12(4)17-20-13(16)5;1-4(2)3/h2*10-13,17H,5-9H2,1-4H3,(H,22,23);7-11,20H,1-6H3,(H,23,24,25);7-11H,6,20H2,1-5H3,(H,23,24,25);6-7,10-11,15H,3-5,8-9H2,1-2H3,(H,19,20);7-10H,6H2,1-5H3,(H,18,19);4H,1-3H3. The summed E-state index contributed by atoms with van der Waals surface area (Å²) in [5.41, 5.74) is 30.5. The van der Waals surface area contributed by atoms with Crippen LogP contribution in [0.1, 0.15) is 286 Å². The van der Waals surface area contributed by atoms with Gasteiger partial charge in [-0.15, -0.1) is 10.2 Å². The highest BCUT2D eigenvalue weighted by Crippen LogP contribution is 2.42. The van der Waals surface area contributed by atoms with Crippen LogP contribution in [0.3, 0.4) is 0 Å². The van der Waals surface area contributed by atoms with Gasteiger partial charge in [-0.25, -0.2) is 35.7 Å². The Bertz CT molecular complexity index is 7310. The second-order valence-electron chi connectivity index (χ2n) is 42.0. The van der Waals surface area contributed by atoms with E-state index in [9.17, 15) is 42.8 Å². The van der Waals surface area contributed by atoms with Crippen molar-refractivity contribution in [2.75, 3.05) is 11.1 Å². The molecule has 3 saturated carbocycles. The summed E-state index contributed by atoms with van der Waals surface area (Å²) in [6.45, 7) is 57.4. The lowest BCUT2D eigenvalue weighted by Crippen LogP contribution is -2.32. The Labute approximate surface area is 888 Å². The van der Waals surface area contributed by atoms with E-state index >= 15 is 0 Å². The van der Waals surface area contributed by atoms with Crippen molar-refractivity contribution in [1.82, 2.24) is 39.5 Å². The summed E-state index contributed by atoms with van der Waals surface area (Å²) in [5.74, 6) is 20.7. The lowest BCUT2D eigenvalue weighted by Gasteiger charge is -2.19. The first kappa shape index (κ1) is 122. The van der Waals surface area contributed by atoms with E-state index in [-0.39, 0.29) is 39.6 Å². The van der Waals surface area contributed by atoms with Gasteiger partial charge in [-0.3, -0.25) is 9.11 Å². The third kappa shape index (κ3) is 33.6. The van der Waals surface area contributed by atoms with Crippen molar-refractivity contribution in [3.05, 3.63) is 234 Å². The summed E-state index contributed by atoms with van der Waals surface area (Å²) in [6.07, 6.45) is 14.2. The molecule has 12 aromatic rings. The van der Waals surface area contributed by atoms with Gasteiger partial charge in [0.15, 0.2) is 0 Å². The highest BCUT2D eigenvalue weighted by atomic mass is 32.2. The van der Waals surface area contributed by atoms with Gasteiger partial charge in [0.25, 0.3) is 20.2 Å². The number of benzene rings is 8. The van der Waals surface area contributed by atoms with Crippen LogP contribution in [-0.4, -0.2) is 117 Å². The summed E-state index contributed by atoms with van der Waals surface area (Å²) < 4.78 is 152. The van der Waals surface area contributed by atoms with Crippen molar-refractivity contribution in [2.24, 2.45) is 32.3 Å². The minimum absolute atomic E-state index is 0.0946. The van der Waals surface area contributed by atoms with E-state index in [1.807, 2.05) is 236 Å². The molecule has 15 rings (SSSR count). The van der Waals surface area contributed by atoms with Crippen molar-refractivity contribution < 1.29 is 60.9 Å². The molecule has 3 fully saturated rings. The van der Waals surface area contributed by atoms with Crippen molar-refractivity contribution in [3.8, 4) is 44.5 Å². The Morgan fingerprint density at radius 3 is 1.17 bits per heavy atom. The first-order chi connectivity index (χ1) is 69.5. The fourth-order valence-corrected chi connectivity index (χ4v) is 26.5. The average molecular weight is 2160 g/mol. The van der Waals surface area contributed by atoms with Crippen LogP contribution in [0.4, 0.5) is 34.1 Å². The number of nitrogen functional groups attached to an aromatic ring is 1. The van der Waals surface area contributed by atoms with Gasteiger partial charge in [-0.2, -0.15) is 27.1 Å². The number of nitrogens with two attached hydrogens (primary N) is 1. The molecule has 3 aliphatic rings. The van der Waals surface area contributed by atoms with Crippen LogP contribution in [0, 0.1) is 123 Å². The summed E-state index contributed by atoms with van der Waals surface area (Å²) >= 11 is 0. The van der Waals surface area contributed by atoms with Gasteiger partial charge in [0.1, 0.15) is 34.4 Å². The van der Waals surface area contributed by atoms with Gasteiger partial charge in [-0.1, -0.05) is 182 Å². The number of nitrogens with zero attached hydrogens (tertiary/aromatic N) is 8. The Hall–Kier alpha value is -10.9. The lowest BCUT2D eigenvalue weighted by atomic mass is 9.97. The molecule has 0 radical (unpaired) electrons. The van der Waals surface area contributed by atoms with Gasteiger partial charge in [0, 0.05) is 78.0 Å². The van der Waals surface area contributed by atoms with Crippen LogP contribution in [0.15, 0.2) is 195 Å². The maximum absolute atomic E-state index is 13.3. The molecule has 34 heteroatoms. The van der Waals surface area contributed by atoms with Crippen molar-refractivity contribution >= 4 is 117 Å². The number of azo groups is 2. The zero-order valence-corrected chi connectivity index (χ0v) is 97.6. The SMILES string of the molecule is C=S(=O)(NC(C)C)c1cc(-c2c(C)noc2C)ccc1C.C=S(=O)(NC1CCCC1)c1cc(-c2c(C(C)C)noc2C)ccc1C.C=S(=O)(NC1CCCC1)c1cc(-c2c(C)noc2C(C)C)ccc1C.C=S(=O)(NC1CCCC1)c1cccc(-c2c(C)noc2C)c1.CC(C)C.Cc1cc(N)c(N=Nc2cc(S(=O)(=O)O)c(CC(C)C)cc2C)cc1C.Cc1cc(N=Nc2cc(S(=O)(=O)O)c(C)cc2C)c(NC(C)C)cc1C. The quantitative estimate of drug-likeness (QED) is 0.00977. The molecule has 4 atom stereocenters. The maximum atomic E-state index is 13.3. The Kier molecular flexibility index (Phi) is 42.8. The van der Waals surface area contributed by atoms with Gasteiger partial charge in [-0.05, 0) is 375 Å². The normalized spacial score (nSPS) is 15.3. The smallest absolute Gasteiger partial charge is 0.294 e. The second-order valence-corrected chi connectivity index (χ2v) is 52.9. The molecular weight excluding hydrogens is 1990 g/mol. The average Bonchev–Trinajstić information content (AvgIpc) is 1.48. The monoisotopic (exact) mass is 2150 g/mol. The molecule has 4 heterocycles. The number of hydrogen-bond donors (Lipinski definition) is 8. The van der Waals surface area contributed by atoms with Crippen LogP contribution >= 0.6 is 0 Å². The summed E-state index contributed by atoms with van der Waals surface area (Å²) in [7, 11) is -18.7. The molecule has 8 aromatic carbocycles. The third-order valence-corrected chi connectivity index (χ3v) is 35.2. The number of aromatic nitrogens is 4. The molecular formula is C115H160N14O14S6. The maximum Gasteiger partial charge on any atom is 0.294 e. The molecule has 0 amide bonds. The molecule has 4 unspecified atom stereocenters. The van der Waals surface area contributed by atoms with Gasteiger partial charge in [0.2, 0.25) is 0 Å². The Morgan fingerprint density at radius 1 is 0.362 bits per heavy atom. The van der Waals surface area contributed by atoms with E-state index in [1.165, 1.54) is 50.7 Å². The Morgan fingerprint density at radius 2 is 0.738 bits per heavy atom. The molecule has 3 aliphatic carbocycles. The van der Waals surface area contributed by atoms with Crippen LogP contribution in [-0.2, 0) is 65.5 Å². The number of nitrogens with one attached hydrogen (secondary N) is 5. The molecule has 28 nitrogen and oxygen atoms in total. The van der Waals surface area contributed by atoms with Crippen LogP contribution in [0.5, 0.6) is 0 Å². The minimum Gasteiger partial charge on any atom is -0.397 e. The van der Waals surface area contributed by atoms with Gasteiger partial charge < -0.3 is 29.1 Å². The zero-order chi connectivity index (χ0) is 111. The first-order valence-corrected chi connectivity index (χ1v) is 60.8. The zero-order valence-electron chi connectivity index (χ0n) is 92.7. The van der Waals surface area contributed by atoms with E-state index in [2.05, 4.69) is 149 Å². The Balaban J connectivity index is 0.000000197. The van der Waals surface area contributed by atoms with E-state index < -0.39 is 59.1 Å². The van der Waals surface area contributed by atoms with Gasteiger partial charge >= 0.3 is 0 Å². The summed E-state index contributed by atoms with van der Waals surface area (Å²) in [4.78, 5) is 2.75. The van der Waals surface area contributed by atoms with E-state index in [0.29, 0.717) is 64.1 Å². The van der Waals surface area contributed by atoms with Gasteiger partial charge in [0.05, 0.1) is 94.1 Å². The van der Waals surface area contributed by atoms with Crippen molar-refractivity contribution in [3.63, 3.8) is 0 Å². The topological polar surface area (TPSA) is 417 Å². The number of rotatable bonds is 28. The lowest BCUT2D eigenvalue weighted by molar-refractivity contribution is 0.368. The predicted octanol–water partition coefficient (Wildman–Crippen LogP) is 28.1. The molecule has 0 saturated heterocycles. The third-order valence-electron chi connectivity index (χ3n) is 25.8. The van der Waals surface area contributed by atoms with E-state index in [1.54, 1.807) is 19.1 Å².